The minimum atomic E-state index is -0.542. The Balaban J connectivity index is 2.14. The van der Waals surface area contributed by atoms with E-state index in [1.807, 2.05) is 4.57 Å². The Morgan fingerprint density at radius 2 is 2.12 bits per heavy atom. The monoisotopic (exact) mass is 324 g/mol. The molecule has 0 aliphatic carbocycles. The van der Waals surface area contributed by atoms with Crippen molar-refractivity contribution in [2.24, 2.45) is 0 Å². The molecular weight excluding hydrogens is 308 g/mol. The van der Waals surface area contributed by atoms with Crippen molar-refractivity contribution in [3.05, 3.63) is 56.9 Å². The molecule has 2 N–H and O–H groups in total. The maximum Gasteiger partial charge on any atom is 0.270 e. The first-order chi connectivity index (χ1) is 11.5. The summed E-state index contributed by atoms with van der Waals surface area (Å²) in [7, 11) is 0. The van der Waals surface area contributed by atoms with Crippen molar-refractivity contribution in [3.8, 4) is 6.07 Å². The van der Waals surface area contributed by atoms with Crippen molar-refractivity contribution < 1.29 is 9.72 Å². The molecule has 0 fully saturated rings. The normalized spacial score (nSPS) is 13.6. The van der Waals surface area contributed by atoms with Crippen molar-refractivity contribution in [1.82, 2.24) is 4.57 Å². The number of nitriles is 1. The molecule has 2 aromatic rings. The van der Waals surface area contributed by atoms with Crippen LogP contribution in [-0.4, -0.2) is 15.3 Å². The van der Waals surface area contributed by atoms with Crippen LogP contribution in [0.1, 0.15) is 46.6 Å². The predicted molar refractivity (Wildman–Crippen MR) is 87.6 cm³/mol. The molecule has 0 radical (unpaired) electrons. The molecule has 1 aliphatic rings. The number of hydrogen-bond donors (Lipinski definition) is 1. The molecule has 1 aromatic carbocycles. The first kappa shape index (κ1) is 15.7. The number of nitro benzene ring substituents is 1. The highest BCUT2D eigenvalue weighted by Crippen LogP contribution is 2.31. The first-order valence-electron chi connectivity index (χ1n) is 7.74. The van der Waals surface area contributed by atoms with Crippen LogP contribution < -0.4 is 5.73 Å². The number of nitro groups is 1. The lowest BCUT2D eigenvalue weighted by Gasteiger charge is -2.10. The smallest absolute Gasteiger partial charge is 0.270 e. The average molecular weight is 324 g/mol. The molecule has 122 valence electrons. The van der Waals surface area contributed by atoms with Gasteiger partial charge in [-0.25, -0.2) is 0 Å². The number of nitrogens with two attached hydrogens (primary N) is 1. The molecule has 7 nitrogen and oxygen atoms in total. The molecule has 1 aromatic heterocycles. The number of benzene rings is 1. The zero-order valence-corrected chi connectivity index (χ0v) is 13.0. The third-order valence-corrected chi connectivity index (χ3v) is 4.35. The van der Waals surface area contributed by atoms with Crippen LogP contribution in [0.4, 0.5) is 11.4 Å². The Labute approximate surface area is 138 Å². The summed E-state index contributed by atoms with van der Waals surface area (Å²) in [5.74, 6) is -0.388. The zero-order chi connectivity index (χ0) is 17.3. The number of carbonyl (C=O) groups excluding carboxylic acids is 1. The van der Waals surface area contributed by atoms with Gasteiger partial charge in [-0.2, -0.15) is 5.26 Å². The Bertz CT molecular complexity index is 877. The average Bonchev–Trinajstić information content (AvgIpc) is 2.72. The van der Waals surface area contributed by atoms with Crippen LogP contribution in [0, 0.1) is 21.4 Å². The maximum absolute atomic E-state index is 12.9. The standard InChI is InChI=1S/C17H16N4O3/c18-10-13-14-7-2-1-3-8-20(14)16(15(13)19)17(22)11-5-4-6-12(9-11)21(23)24/h4-6,9H,1-3,7-8,19H2. The maximum atomic E-state index is 12.9. The number of carbonyl (C=O) groups is 1. The fraction of sp³-hybridized carbons (Fsp3) is 0.294. The Hall–Kier alpha value is -3.14. The molecule has 0 saturated heterocycles. The second kappa shape index (κ2) is 6.16. The fourth-order valence-electron chi connectivity index (χ4n) is 3.20. The highest BCUT2D eigenvalue weighted by Gasteiger charge is 2.27. The molecule has 0 amide bonds. The minimum absolute atomic E-state index is 0.150. The van der Waals surface area contributed by atoms with Gasteiger partial charge in [-0.3, -0.25) is 14.9 Å². The molecule has 0 atom stereocenters. The van der Waals surface area contributed by atoms with E-state index in [0.717, 1.165) is 25.0 Å². The number of anilines is 1. The number of nitrogen functional groups attached to an aromatic ring is 1. The van der Waals surface area contributed by atoms with Crippen LogP contribution in [0.5, 0.6) is 0 Å². The van der Waals surface area contributed by atoms with E-state index in [9.17, 15) is 20.2 Å². The number of nitrogens with zero attached hydrogens (tertiary/aromatic N) is 3. The molecule has 0 unspecified atom stereocenters. The van der Waals surface area contributed by atoms with Gasteiger partial charge in [0.05, 0.1) is 16.2 Å². The largest absolute Gasteiger partial charge is 0.396 e. The third-order valence-electron chi connectivity index (χ3n) is 4.35. The van der Waals surface area contributed by atoms with Crippen LogP contribution >= 0.6 is 0 Å². The van der Waals surface area contributed by atoms with Crippen molar-refractivity contribution in [1.29, 1.82) is 5.26 Å². The van der Waals surface area contributed by atoms with Crippen molar-refractivity contribution >= 4 is 17.2 Å². The first-order valence-corrected chi connectivity index (χ1v) is 7.74. The highest BCUT2D eigenvalue weighted by molar-refractivity contribution is 6.12. The molecule has 2 heterocycles. The molecule has 24 heavy (non-hydrogen) atoms. The van der Waals surface area contributed by atoms with E-state index in [4.69, 9.17) is 5.73 Å². The van der Waals surface area contributed by atoms with Gasteiger partial charge in [-0.05, 0) is 19.3 Å². The lowest BCUT2D eigenvalue weighted by molar-refractivity contribution is -0.384. The van der Waals surface area contributed by atoms with E-state index >= 15 is 0 Å². The summed E-state index contributed by atoms with van der Waals surface area (Å²) in [6.45, 7) is 0.622. The number of fused-ring (bicyclic) bond motifs is 1. The van der Waals surface area contributed by atoms with Crippen molar-refractivity contribution in [3.63, 3.8) is 0 Å². The summed E-state index contributed by atoms with van der Waals surface area (Å²) in [4.78, 5) is 23.3. The van der Waals surface area contributed by atoms with E-state index in [1.54, 1.807) is 0 Å². The molecular formula is C17H16N4O3. The second-order valence-corrected chi connectivity index (χ2v) is 5.79. The molecule has 0 spiro atoms. The van der Waals surface area contributed by atoms with Crippen LogP contribution in [0.2, 0.25) is 0 Å². The highest BCUT2D eigenvalue weighted by atomic mass is 16.6. The van der Waals surface area contributed by atoms with E-state index in [2.05, 4.69) is 6.07 Å². The van der Waals surface area contributed by atoms with Crippen LogP contribution in [0.3, 0.4) is 0 Å². The predicted octanol–water partition coefficient (Wildman–Crippen LogP) is 2.81. The number of rotatable bonds is 3. The lowest BCUT2D eigenvalue weighted by atomic mass is 10.0. The SMILES string of the molecule is N#Cc1c(N)c(C(=O)c2cccc([N+](=O)[O-])c2)n2c1CCCCC2. The van der Waals surface area contributed by atoms with Crippen LogP contribution in [0.25, 0.3) is 0 Å². The topological polar surface area (TPSA) is 115 Å². The van der Waals surface area contributed by atoms with Gasteiger partial charge in [0.1, 0.15) is 11.8 Å². The van der Waals surface area contributed by atoms with E-state index in [-0.39, 0.29) is 28.4 Å². The minimum Gasteiger partial charge on any atom is -0.396 e. The van der Waals surface area contributed by atoms with Gasteiger partial charge in [-0.15, -0.1) is 0 Å². The zero-order valence-electron chi connectivity index (χ0n) is 13.0. The second-order valence-electron chi connectivity index (χ2n) is 5.79. The van der Waals surface area contributed by atoms with Gasteiger partial charge >= 0.3 is 0 Å². The Morgan fingerprint density at radius 1 is 1.33 bits per heavy atom. The fourth-order valence-corrected chi connectivity index (χ4v) is 3.20. The summed E-state index contributed by atoms with van der Waals surface area (Å²) in [5.41, 5.74) is 7.72. The summed E-state index contributed by atoms with van der Waals surface area (Å²) < 4.78 is 1.82. The summed E-state index contributed by atoms with van der Waals surface area (Å²) in [6.07, 6.45) is 3.58. The van der Waals surface area contributed by atoms with Gasteiger partial charge in [0.2, 0.25) is 5.78 Å². The van der Waals surface area contributed by atoms with Crippen molar-refractivity contribution in [2.75, 3.05) is 5.73 Å². The molecule has 3 rings (SSSR count). The quantitative estimate of drug-likeness (QED) is 0.529. The van der Waals surface area contributed by atoms with Gasteiger partial charge in [0.25, 0.3) is 5.69 Å². The number of non-ortho nitro benzene ring substituents is 1. The summed E-state index contributed by atoms with van der Waals surface area (Å²) in [6, 6.07) is 7.67. The molecule has 0 saturated carbocycles. The molecule has 1 aliphatic heterocycles. The number of aromatic nitrogens is 1. The van der Waals surface area contributed by atoms with E-state index < -0.39 is 4.92 Å². The van der Waals surface area contributed by atoms with Gasteiger partial charge in [0.15, 0.2) is 0 Å². The number of hydrogen-bond acceptors (Lipinski definition) is 5. The van der Waals surface area contributed by atoms with Gasteiger partial charge < -0.3 is 10.3 Å². The number of ketones is 1. The summed E-state index contributed by atoms with van der Waals surface area (Å²) >= 11 is 0. The Morgan fingerprint density at radius 3 is 2.83 bits per heavy atom. The van der Waals surface area contributed by atoms with E-state index in [0.29, 0.717) is 18.5 Å². The van der Waals surface area contributed by atoms with Gasteiger partial charge in [-0.1, -0.05) is 18.6 Å². The van der Waals surface area contributed by atoms with E-state index in [1.165, 1.54) is 24.3 Å². The molecule has 7 heteroatoms. The van der Waals surface area contributed by atoms with Crippen LogP contribution in [-0.2, 0) is 13.0 Å². The Kier molecular flexibility index (Phi) is 4.04. The van der Waals surface area contributed by atoms with Crippen molar-refractivity contribution in [2.45, 2.75) is 32.2 Å². The van der Waals surface area contributed by atoms with Gasteiger partial charge in [0, 0.05) is 29.9 Å². The lowest BCUT2D eigenvalue weighted by Crippen LogP contribution is -2.13. The third kappa shape index (κ3) is 2.52. The van der Waals surface area contributed by atoms with Crippen LogP contribution in [0.15, 0.2) is 24.3 Å². The summed E-state index contributed by atoms with van der Waals surface area (Å²) in [5, 5.41) is 20.3. The molecule has 0 bridgehead atoms.